The summed E-state index contributed by atoms with van der Waals surface area (Å²) in [5.74, 6) is 0.249. The summed E-state index contributed by atoms with van der Waals surface area (Å²) in [7, 11) is 0. The smallest absolute Gasteiger partial charge is 0.141 e. The molecule has 0 fully saturated rings. The number of para-hydroxylation sites is 1. The Morgan fingerprint density at radius 2 is 1.89 bits per heavy atom. The molecule has 0 saturated heterocycles. The molecule has 1 unspecified atom stereocenters. The largest absolute Gasteiger partial charge is 0.491 e. The number of hydrogen-bond donors (Lipinski definition) is 1. The van der Waals surface area contributed by atoms with E-state index in [1.54, 1.807) is 6.07 Å². The van der Waals surface area contributed by atoms with Gasteiger partial charge in [0.2, 0.25) is 0 Å². The second-order valence-corrected chi connectivity index (χ2v) is 4.64. The molecule has 2 aromatic rings. The summed E-state index contributed by atoms with van der Waals surface area (Å²) in [4.78, 5) is 0. The molecule has 1 atom stereocenters. The molecule has 100 valence electrons. The fourth-order valence-electron chi connectivity index (χ4n) is 1.71. The Hall–Kier alpha value is -1.58. The zero-order chi connectivity index (χ0) is 13.7. The average molecular weight is 281 g/mol. The van der Waals surface area contributed by atoms with Crippen molar-refractivity contribution in [2.24, 2.45) is 0 Å². The molecule has 4 heteroatoms. The Labute approximate surface area is 116 Å². The summed E-state index contributed by atoms with van der Waals surface area (Å²) in [6, 6.07) is 13.7. The number of benzene rings is 2. The molecule has 0 radical (unpaired) electrons. The lowest BCUT2D eigenvalue weighted by atomic mass is 10.1. The van der Waals surface area contributed by atoms with Gasteiger partial charge in [-0.1, -0.05) is 35.9 Å². The second kappa shape index (κ2) is 6.55. The van der Waals surface area contributed by atoms with Crippen LogP contribution in [0.25, 0.3) is 0 Å². The van der Waals surface area contributed by atoms with E-state index < -0.39 is 11.9 Å². The third kappa shape index (κ3) is 4.23. The maximum atomic E-state index is 13.0. The van der Waals surface area contributed by atoms with Crippen LogP contribution in [0.4, 0.5) is 4.39 Å². The first-order valence-corrected chi connectivity index (χ1v) is 6.33. The van der Waals surface area contributed by atoms with Crippen molar-refractivity contribution >= 4 is 11.6 Å². The maximum absolute atomic E-state index is 13.0. The summed E-state index contributed by atoms with van der Waals surface area (Å²) in [6.45, 7) is 0.180. The number of halogens is 2. The number of ether oxygens (including phenoxy) is 1. The van der Waals surface area contributed by atoms with Gasteiger partial charge >= 0.3 is 0 Å². The second-order valence-electron chi connectivity index (χ2n) is 4.23. The van der Waals surface area contributed by atoms with Crippen molar-refractivity contribution in [3.63, 3.8) is 0 Å². The van der Waals surface area contributed by atoms with E-state index in [1.807, 2.05) is 30.3 Å². The number of hydrogen-bond acceptors (Lipinski definition) is 2. The Morgan fingerprint density at radius 1 is 1.16 bits per heavy atom. The van der Waals surface area contributed by atoms with E-state index in [9.17, 15) is 9.50 Å². The lowest BCUT2D eigenvalue weighted by molar-refractivity contribution is 0.108. The molecular weight excluding hydrogens is 267 g/mol. The van der Waals surface area contributed by atoms with Crippen LogP contribution in [0.2, 0.25) is 5.02 Å². The summed E-state index contributed by atoms with van der Waals surface area (Å²) < 4.78 is 18.4. The molecule has 0 aliphatic rings. The quantitative estimate of drug-likeness (QED) is 0.909. The molecule has 0 saturated carbocycles. The first-order chi connectivity index (χ1) is 9.15. The first-order valence-electron chi connectivity index (χ1n) is 5.95. The lowest BCUT2D eigenvalue weighted by Gasteiger charge is -2.12. The molecule has 0 bridgehead atoms. The monoisotopic (exact) mass is 280 g/mol. The topological polar surface area (TPSA) is 29.5 Å². The predicted octanol–water partition coefficient (Wildman–Crippen LogP) is 3.46. The third-order valence-corrected chi connectivity index (χ3v) is 2.93. The number of aliphatic hydroxyl groups is 1. The Kier molecular flexibility index (Phi) is 4.77. The molecule has 0 spiro atoms. The summed E-state index contributed by atoms with van der Waals surface area (Å²) in [5.41, 5.74) is 0.774. The maximum Gasteiger partial charge on any atom is 0.141 e. The van der Waals surface area contributed by atoms with Gasteiger partial charge in [-0.2, -0.15) is 0 Å². The van der Waals surface area contributed by atoms with E-state index in [1.165, 1.54) is 12.1 Å². The molecule has 0 aliphatic carbocycles. The SMILES string of the molecule is OC(COc1ccccc1)Cc1ccc(F)c(Cl)c1. The fourth-order valence-corrected chi connectivity index (χ4v) is 1.91. The molecule has 1 N–H and O–H groups in total. The third-order valence-electron chi connectivity index (χ3n) is 2.64. The number of rotatable bonds is 5. The van der Waals surface area contributed by atoms with Crippen LogP contribution in [0.3, 0.4) is 0 Å². The molecule has 2 nitrogen and oxygen atoms in total. The van der Waals surface area contributed by atoms with Gasteiger partial charge in [0.15, 0.2) is 0 Å². The minimum Gasteiger partial charge on any atom is -0.491 e. The van der Waals surface area contributed by atoms with Gasteiger partial charge in [-0.15, -0.1) is 0 Å². The van der Waals surface area contributed by atoms with Crippen LogP contribution in [-0.4, -0.2) is 17.8 Å². The van der Waals surface area contributed by atoms with E-state index in [4.69, 9.17) is 16.3 Å². The van der Waals surface area contributed by atoms with Crippen LogP contribution in [0.1, 0.15) is 5.56 Å². The van der Waals surface area contributed by atoms with Crippen LogP contribution in [-0.2, 0) is 6.42 Å². The van der Waals surface area contributed by atoms with Crippen molar-refractivity contribution in [3.05, 3.63) is 64.9 Å². The minimum atomic E-state index is -0.665. The van der Waals surface area contributed by atoms with Gasteiger partial charge in [-0.05, 0) is 29.8 Å². The number of aliphatic hydroxyl groups excluding tert-OH is 1. The lowest BCUT2D eigenvalue weighted by Crippen LogP contribution is -2.20. The normalized spacial score (nSPS) is 12.2. The Balaban J connectivity index is 1.87. The minimum absolute atomic E-state index is 0.0636. The zero-order valence-corrected chi connectivity index (χ0v) is 11.0. The van der Waals surface area contributed by atoms with E-state index >= 15 is 0 Å². The first kappa shape index (κ1) is 13.8. The van der Waals surface area contributed by atoms with Crippen molar-refractivity contribution in [1.82, 2.24) is 0 Å². The summed E-state index contributed by atoms with van der Waals surface area (Å²) in [5, 5.41) is 9.93. The fraction of sp³-hybridized carbons (Fsp3) is 0.200. The molecule has 19 heavy (non-hydrogen) atoms. The van der Waals surface area contributed by atoms with E-state index in [-0.39, 0.29) is 11.6 Å². The van der Waals surface area contributed by atoms with Crippen LogP contribution >= 0.6 is 11.6 Å². The van der Waals surface area contributed by atoms with Gasteiger partial charge in [-0.3, -0.25) is 0 Å². The Morgan fingerprint density at radius 3 is 2.58 bits per heavy atom. The van der Waals surface area contributed by atoms with Crippen molar-refractivity contribution in [1.29, 1.82) is 0 Å². The molecule has 0 aliphatic heterocycles. The summed E-state index contributed by atoms with van der Waals surface area (Å²) in [6.07, 6.45) is -0.297. The molecule has 0 heterocycles. The predicted molar refractivity (Wildman–Crippen MR) is 73.1 cm³/mol. The van der Waals surface area contributed by atoms with Gasteiger partial charge in [0, 0.05) is 6.42 Å². The molecule has 2 aromatic carbocycles. The molecular formula is C15H14ClFO2. The van der Waals surface area contributed by atoms with Crippen molar-refractivity contribution in [2.45, 2.75) is 12.5 Å². The highest BCUT2D eigenvalue weighted by Gasteiger charge is 2.08. The van der Waals surface area contributed by atoms with Crippen LogP contribution < -0.4 is 4.74 Å². The van der Waals surface area contributed by atoms with Gasteiger partial charge in [0.1, 0.15) is 18.2 Å². The van der Waals surface area contributed by atoms with Crippen LogP contribution in [0, 0.1) is 5.82 Å². The van der Waals surface area contributed by atoms with Gasteiger partial charge in [-0.25, -0.2) is 4.39 Å². The van der Waals surface area contributed by atoms with E-state index in [0.717, 1.165) is 5.56 Å². The van der Waals surface area contributed by atoms with Crippen molar-refractivity contribution in [2.75, 3.05) is 6.61 Å². The zero-order valence-electron chi connectivity index (χ0n) is 10.2. The van der Waals surface area contributed by atoms with Gasteiger partial charge < -0.3 is 9.84 Å². The van der Waals surface area contributed by atoms with Crippen molar-refractivity contribution in [3.8, 4) is 5.75 Å². The summed E-state index contributed by atoms with van der Waals surface area (Å²) >= 11 is 5.68. The van der Waals surface area contributed by atoms with Crippen LogP contribution in [0.15, 0.2) is 48.5 Å². The van der Waals surface area contributed by atoms with E-state index in [0.29, 0.717) is 12.2 Å². The highest BCUT2D eigenvalue weighted by atomic mass is 35.5. The molecule has 0 aromatic heterocycles. The van der Waals surface area contributed by atoms with Gasteiger partial charge in [0.25, 0.3) is 0 Å². The van der Waals surface area contributed by atoms with E-state index in [2.05, 4.69) is 0 Å². The highest BCUT2D eigenvalue weighted by molar-refractivity contribution is 6.30. The molecule has 0 amide bonds. The van der Waals surface area contributed by atoms with Crippen molar-refractivity contribution < 1.29 is 14.2 Å². The highest BCUT2D eigenvalue weighted by Crippen LogP contribution is 2.17. The van der Waals surface area contributed by atoms with Crippen LogP contribution in [0.5, 0.6) is 5.75 Å². The Bertz CT molecular complexity index is 531. The van der Waals surface area contributed by atoms with Gasteiger partial charge in [0.05, 0.1) is 11.1 Å². The standard InChI is InChI=1S/C15H14ClFO2/c16-14-9-11(6-7-15(14)17)8-12(18)10-19-13-4-2-1-3-5-13/h1-7,9,12,18H,8,10H2. The molecule has 2 rings (SSSR count). The average Bonchev–Trinajstić information content (AvgIpc) is 2.42.